The number of amides is 1. The molecule has 1 unspecified atom stereocenters. The second-order valence-corrected chi connectivity index (χ2v) is 6.06. The van der Waals surface area contributed by atoms with E-state index in [-0.39, 0.29) is 29.2 Å². The van der Waals surface area contributed by atoms with Crippen LogP contribution in [0, 0.1) is 5.82 Å². The molecule has 1 aromatic heterocycles. The zero-order valence-corrected chi connectivity index (χ0v) is 13.0. The lowest BCUT2D eigenvalue weighted by atomic mass is 10.1. The average Bonchev–Trinajstić information content (AvgIpc) is 3.08. The smallest absolute Gasteiger partial charge is 0.232 e. The Balaban J connectivity index is 1.81. The van der Waals surface area contributed by atoms with Gasteiger partial charge in [0.2, 0.25) is 11.8 Å². The molecule has 7 heteroatoms. The summed E-state index contributed by atoms with van der Waals surface area (Å²) in [7, 11) is 0. The number of carbonyl (C=O) groups excluding carboxylic acids is 1. The minimum Gasteiger partial charge on any atom is -0.339 e. The van der Waals surface area contributed by atoms with Gasteiger partial charge in [-0.2, -0.15) is 4.98 Å². The van der Waals surface area contributed by atoms with Crippen LogP contribution in [-0.2, 0) is 4.79 Å². The van der Waals surface area contributed by atoms with Gasteiger partial charge in [-0.1, -0.05) is 30.6 Å². The number of aromatic nitrogens is 2. The summed E-state index contributed by atoms with van der Waals surface area (Å²) in [6.45, 7) is 4.36. The molecule has 116 valence electrons. The van der Waals surface area contributed by atoms with E-state index < -0.39 is 5.82 Å². The maximum atomic E-state index is 13.2. The van der Waals surface area contributed by atoms with Gasteiger partial charge in [0.15, 0.2) is 5.82 Å². The molecule has 1 aliphatic heterocycles. The largest absolute Gasteiger partial charge is 0.339 e. The van der Waals surface area contributed by atoms with Gasteiger partial charge in [-0.3, -0.25) is 4.79 Å². The molecule has 22 heavy (non-hydrogen) atoms. The lowest BCUT2D eigenvalue weighted by molar-refractivity contribution is -0.117. The molecule has 0 saturated carbocycles. The molecule has 3 rings (SSSR count). The first-order valence-electron chi connectivity index (χ1n) is 7.04. The number of carbonyl (C=O) groups is 1. The summed E-state index contributed by atoms with van der Waals surface area (Å²) in [5.74, 6) is 0.528. The fraction of sp³-hybridized carbons (Fsp3) is 0.400. The molecule has 2 aromatic rings. The van der Waals surface area contributed by atoms with Crippen LogP contribution in [0.25, 0.3) is 0 Å². The van der Waals surface area contributed by atoms with E-state index >= 15 is 0 Å². The van der Waals surface area contributed by atoms with Gasteiger partial charge in [0, 0.05) is 24.6 Å². The van der Waals surface area contributed by atoms with E-state index in [9.17, 15) is 9.18 Å². The molecule has 0 bridgehead atoms. The van der Waals surface area contributed by atoms with Gasteiger partial charge in [-0.25, -0.2) is 4.39 Å². The van der Waals surface area contributed by atoms with E-state index in [2.05, 4.69) is 10.1 Å². The van der Waals surface area contributed by atoms with E-state index in [1.54, 1.807) is 4.90 Å². The fourth-order valence-corrected chi connectivity index (χ4v) is 2.60. The molecule has 5 nitrogen and oxygen atoms in total. The monoisotopic (exact) mass is 323 g/mol. The molecule has 2 heterocycles. The summed E-state index contributed by atoms with van der Waals surface area (Å²) in [4.78, 5) is 18.1. The molecular formula is C15H15ClFN3O2. The van der Waals surface area contributed by atoms with Gasteiger partial charge in [-0.15, -0.1) is 0 Å². The molecule has 1 fully saturated rings. The zero-order valence-electron chi connectivity index (χ0n) is 12.2. The Kier molecular flexibility index (Phi) is 3.87. The van der Waals surface area contributed by atoms with Crippen LogP contribution >= 0.6 is 11.6 Å². The predicted molar refractivity (Wildman–Crippen MR) is 79.5 cm³/mol. The summed E-state index contributed by atoms with van der Waals surface area (Å²) in [6.07, 6.45) is 0.286. The van der Waals surface area contributed by atoms with Crippen LogP contribution in [0.5, 0.6) is 0 Å². The summed E-state index contributed by atoms with van der Waals surface area (Å²) in [5, 5.41) is 3.92. The lowest BCUT2D eigenvalue weighted by Gasteiger charge is -2.16. The van der Waals surface area contributed by atoms with Crippen molar-refractivity contribution in [3.63, 3.8) is 0 Å². The van der Waals surface area contributed by atoms with E-state index in [4.69, 9.17) is 16.1 Å². The second-order valence-electron chi connectivity index (χ2n) is 5.65. The Morgan fingerprint density at radius 2 is 2.23 bits per heavy atom. The van der Waals surface area contributed by atoms with Crippen molar-refractivity contribution in [2.24, 2.45) is 0 Å². The van der Waals surface area contributed by atoms with Crippen LogP contribution in [-0.4, -0.2) is 22.6 Å². The molecule has 0 radical (unpaired) electrons. The summed E-state index contributed by atoms with van der Waals surface area (Å²) >= 11 is 5.78. The van der Waals surface area contributed by atoms with Crippen molar-refractivity contribution in [3.8, 4) is 0 Å². The highest BCUT2D eigenvalue weighted by molar-refractivity contribution is 6.31. The molecule has 0 spiro atoms. The van der Waals surface area contributed by atoms with Crippen molar-refractivity contribution in [3.05, 3.63) is 40.8 Å². The zero-order chi connectivity index (χ0) is 15.9. The van der Waals surface area contributed by atoms with Crippen molar-refractivity contribution in [1.82, 2.24) is 10.1 Å². The van der Waals surface area contributed by atoms with Gasteiger partial charge in [-0.05, 0) is 18.2 Å². The van der Waals surface area contributed by atoms with Crippen LogP contribution in [0.4, 0.5) is 10.1 Å². The third kappa shape index (κ3) is 2.70. The standard InChI is InChI=1S/C15H15ClFN3O2/c1-8(2)14-18-15(22-19-14)9-5-13(21)20(7-9)10-3-4-12(17)11(16)6-10/h3-4,6,8-9H,5,7H2,1-2H3. The lowest BCUT2D eigenvalue weighted by Crippen LogP contribution is -2.24. The first kappa shape index (κ1) is 15.0. The van der Waals surface area contributed by atoms with Crippen molar-refractivity contribution in [2.45, 2.75) is 32.1 Å². The number of nitrogens with zero attached hydrogens (tertiary/aromatic N) is 3. The van der Waals surface area contributed by atoms with Gasteiger partial charge in [0.1, 0.15) is 5.82 Å². The molecule has 0 aliphatic carbocycles. The molecule has 0 N–H and O–H groups in total. The number of rotatable bonds is 3. The molecule has 1 aliphatic rings. The SMILES string of the molecule is CC(C)c1noc(C2CC(=O)N(c3ccc(F)c(Cl)c3)C2)n1. The van der Waals surface area contributed by atoms with E-state index in [0.717, 1.165) is 0 Å². The Hall–Kier alpha value is -1.95. The normalized spacial score (nSPS) is 18.5. The van der Waals surface area contributed by atoms with E-state index in [0.29, 0.717) is 23.9 Å². The highest BCUT2D eigenvalue weighted by Crippen LogP contribution is 2.33. The number of hydrogen-bond acceptors (Lipinski definition) is 4. The Labute approximate surface area is 132 Å². The molecular weight excluding hydrogens is 309 g/mol. The number of hydrogen-bond donors (Lipinski definition) is 0. The quantitative estimate of drug-likeness (QED) is 0.867. The highest BCUT2D eigenvalue weighted by Gasteiger charge is 2.35. The average molecular weight is 324 g/mol. The first-order chi connectivity index (χ1) is 10.5. The van der Waals surface area contributed by atoms with E-state index in [1.807, 2.05) is 13.8 Å². The maximum absolute atomic E-state index is 13.2. The van der Waals surface area contributed by atoms with E-state index in [1.165, 1.54) is 18.2 Å². The van der Waals surface area contributed by atoms with Crippen molar-refractivity contribution >= 4 is 23.2 Å². The number of anilines is 1. The topological polar surface area (TPSA) is 59.2 Å². The van der Waals surface area contributed by atoms with Crippen molar-refractivity contribution < 1.29 is 13.7 Å². The van der Waals surface area contributed by atoms with Crippen LogP contribution in [0.2, 0.25) is 5.02 Å². The minimum absolute atomic E-state index is 0.00589. The molecule has 1 aromatic carbocycles. The van der Waals surface area contributed by atoms with Crippen LogP contribution in [0.3, 0.4) is 0 Å². The summed E-state index contributed by atoms with van der Waals surface area (Å²) in [5.41, 5.74) is 0.572. The summed E-state index contributed by atoms with van der Waals surface area (Å²) in [6, 6.07) is 4.24. The number of benzene rings is 1. The minimum atomic E-state index is -0.507. The third-order valence-corrected chi connectivity index (χ3v) is 3.95. The second kappa shape index (κ2) is 5.68. The van der Waals surface area contributed by atoms with Crippen molar-refractivity contribution in [2.75, 3.05) is 11.4 Å². The van der Waals surface area contributed by atoms with Crippen LogP contribution < -0.4 is 4.90 Å². The fourth-order valence-electron chi connectivity index (χ4n) is 2.42. The maximum Gasteiger partial charge on any atom is 0.232 e. The van der Waals surface area contributed by atoms with Gasteiger partial charge < -0.3 is 9.42 Å². The first-order valence-corrected chi connectivity index (χ1v) is 7.42. The molecule has 1 atom stereocenters. The summed E-state index contributed by atoms with van der Waals surface area (Å²) < 4.78 is 18.5. The van der Waals surface area contributed by atoms with Crippen LogP contribution in [0.15, 0.2) is 22.7 Å². The Morgan fingerprint density at radius 3 is 2.86 bits per heavy atom. The highest BCUT2D eigenvalue weighted by atomic mass is 35.5. The molecule has 1 saturated heterocycles. The van der Waals surface area contributed by atoms with Gasteiger partial charge in [0.25, 0.3) is 0 Å². The van der Waals surface area contributed by atoms with Crippen LogP contribution in [0.1, 0.15) is 43.8 Å². The third-order valence-electron chi connectivity index (χ3n) is 3.66. The van der Waals surface area contributed by atoms with Gasteiger partial charge >= 0.3 is 0 Å². The van der Waals surface area contributed by atoms with Gasteiger partial charge in [0.05, 0.1) is 10.9 Å². The number of halogens is 2. The Bertz CT molecular complexity index is 717. The Morgan fingerprint density at radius 1 is 1.45 bits per heavy atom. The predicted octanol–water partition coefficient (Wildman–Crippen LogP) is 3.51. The molecule has 1 amide bonds. The van der Waals surface area contributed by atoms with Crippen molar-refractivity contribution in [1.29, 1.82) is 0 Å².